The Labute approximate surface area is 113 Å². The van der Waals surface area contributed by atoms with Crippen molar-refractivity contribution in [1.29, 1.82) is 0 Å². The minimum atomic E-state index is 0.664. The van der Waals surface area contributed by atoms with Gasteiger partial charge < -0.3 is 5.32 Å². The largest absolute Gasteiger partial charge is 0.314 e. The fourth-order valence-corrected chi connectivity index (χ4v) is 4.49. The third-order valence-corrected chi connectivity index (χ3v) is 5.28. The molecule has 0 amide bonds. The Morgan fingerprint density at radius 3 is 2.83 bits per heavy atom. The first-order valence-corrected chi connectivity index (χ1v) is 7.69. The lowest BCUT2D eigenvalue weighted by Crippen LogP contribution is -2.34. The van der Waals surface area contributed by atoms with Crippen molar-refractivity contribution in [2.75, 3.05) is 6.54 Å². The normalized spacial score (nSPS) is 24.6. The molecule has 3 rings (SSSR count). The van der Waals surface area contributed by atoms with Gasteiger partial charge in [0.15, 0.2) is 0 Å². The topological polar surface area (TPSA) is 12.0 Å². The van der Waals surface area contributed by atoms with Crippen molar-refractivity contribution in [3.63, 3.8) is 0 Å². The van der Waals surface area contributed by atoms with Crippen LogP contribution < -0.4 is 5.32 Å². The third kappa shape index (κ3) is 2.19. The summed E-state index contributed by atoms with van der Waals surface area (Å²) in [5.41, 5.74) is 2.81. The fourth-order valence-electron chi connectivity index (χ4n) is 3.10. The van der Waals surface area contributed by atoms with Crippen LogP contribution in [0.5, 0.6) is 0 Å². The maximum Gasteiger partial charge on any atom is 0.0351 e. The van der Waals surface area contributed by atoms with Crippen LogP contribution in [0, 0.1) is 13.8 Å². The van der Waals surface area contributed by atoms with Crippen LogP contribution in [0.15, 0.2) is 18.2 Å². The van der Waals surface area contributed by atoms with E-state index in [4.69, 9.17) is 0 Å². The zero-order valence-corrected chi connectivity index (χ0v) is 12.2. The Morgan fingerprint density at radius 2 is 2.06 bits per heavy atom. The molecule has 2 heterocycles. The van der Waals surface area contributed by atoms with Gasteiger partial charge in [0, 0.05) is 15.6 Å². The second-order valence-electron chi connectivity index (χ2n) is 5.72. The number of aryl methyl sites for hydroxylation is 2. The highest BCUT2D eigenvalue weighted by Gasteiger charge is 2.21. The maximum absolute atomic E-state index is 3.54. The van der Waals surface area contributed by atoms with Gasteiger partial charge >= 0.3 is 0 Å². The second-order valence-corrected chi connectivity index (χ2v) is 6.83. The van der Waals surface area contributed by atoms with Crippen LogP contribution >= 0.6 is 11.3 Å². The van der Waals surface area contributed by atoms with Gasteiger partial charge in [0.25, 0.3) is 0 Å². The van der Waals surface area contributed by atoms with E-state index in [1.54, 1.807) is 4.88 Å². The van der Waals surface area contributed by atoms with Gasteiger partial charge in [-0.2, -0.15) is 0 Å². The first-order valence-electron chi connectivity index (χ1n) is 6.87. The molecule has 1 aromatic heterocycles. The summed E-state index contributed by atoms with van der Waals surface area (Å²) in [4.78, 5) is 1.59. The van der Waals surface area contributed by atoms with E-state index in [0.717, 1.165) is 12.5 Å². The Balaban J connectivity index is 2.00. The summed E-state index contributed by atoms with van der Waals surface area (Å²) < 4.78 is 1.47. The molecule has 1 N–H and O–H groups in total. The Kier molecular flexibility index (Phi) is 3.16. The van der Waals surface area contributed by atoms with Gasteiger partial charge in [-0.05, 0) is 74.7 Å². The van der Waals surface area contributed by atoms with E-state index in [1.807, 2.05) is 11.3 Å². The van der Waals surface area contributed by atoms with Crippen LogP contribution in [0.25, 0.3) is 10.1 Å². The monoisotopic (exact) mass is 259 g/mol. The molecule has 1 nitrogen and oxygen atoms in total. The van der Waals surface area contributed by atoms with E-state index in [1.165, 1.54) is 34.1 Å². The van der Waals surface area contributed by atoms with Gasteiger partial charge in [-0.25, -0.2) is 0 Å². The van der Waals surface area contributed by atoms with E-state index in [9.17, 15) is 0 Å². The summed E-state index contributed by atoms with van der Waals surface area (Å²) in [5, 5.41) is 5.01. The number of hydrogen-bond acceptors (Lipinski definition) is 2. The van der Waals surface area contributed by atoms with Gasteiger partial charge in [0.2, 0.25) is 0 Å². The van der Waals surface area contributed by atoms with Crippen molar-refractivity contribution in [1.82, 2.24) is 5.32 Å². The highest BCUT2D eigenvalue weighted by molar-refractivity contribution is 7.19. The number of nitrogens with one attached hydrogen (secondary N) is 1. The average Bonchev–Trinajstić information content (AvgIpc) is 2.73. The van der Waals surface area contributed by atoms with E-state index in [2.05, 4.69) is 44.3 Å². The minimum Gasteiger partial charge on any atom is -0.314 e. The highest BCUT2D eigenvalue weighted by atomic mass is 32.1. The number of fused-ring (bicyclic) bond motifs is 1. The molecule has 18 heavy (non-hydrogen) atoms. The van der Waals surface area contributed by atoms with Crippen molar-refractivity contribution in [2.45, 2.75) is 45.6 Å². The lowest BCUT2D eigenvalue weighted by molar-refractivity contribution is 0.384. The molecule has 2 unspecified atom stereocenters. The number of piperidine rings is 1. The predicted molar refractivity (Wildman–Crippen MR) is 80.7 cm³/mol. The summed E-state index contributed by atoms with van der Waals surface area (Å²) in [6, 6.07) is 7.74. The van der Waals surface area contributed by atoms with Crippen LogP contribution in [0.1, 0.15) is 41.7 Å². The molecule has 0 saturated carbocycles. The van der Waals surface area contributed by atoms with Gasteiger partial charge in [-0.1, -0.05) is 6.07 Å². The highest BCUT2D eigenvalue weighted by Crippen LogP contribution is 2.37. The number of hydrogen-bond donors (Lipinski definition) is 1. The van der Waals surface area contributed by atoms with E-state index in [0.29, 0.717) is 6.04 Å². The number of benzene rings is 1. The summed E-state index contributed by atoms with van der Waals surface area (Å²) in [6.45, 7) is 7.89. The fraction of sp³-hybridized carbons (Fsp3) is 0.500. The SMILES string of the molecule is Cc1cc(C)c2cc(C3CCNC(C)C3)sc2c1. The van der Waals surface area contributed by atoms with Crippen molar-refractivity contribution < 1.29 is 0 Å². The summed E-state index contributed by atoms with van der Waals surface area (Å²) in [7, 11) is 0. The number of thiophene rings is 1. The molecule has 0 radical (unpaired) electrons. The molecule has 0 bridgehead atoms. The van der Waals surface area contributed by atoms with Gasteiger partial charge in [-0.3, -0.25) is 0 Å². The van der Waals surface area contributed by atoms with Gasteiger partial charge in [0.05, 0.1) is 0 Å². The molecular weight excluding hydrogens is 238 g/mol. The first-order chi connectivity index (χ1) is 8.63. The molecule has 0 aliphatic carbocycles. The third-order valence-electron chi connectivity index (χ3n) is 4.03. The molecule has 1 aromatic carbocycles. The Hall–Kier alpha value is -0.860. The lowest BCUT2D eigenvalue weighted by atomic mass is 9.91. The van der Waals surface area contributed by atoms with Crippen LogP contribution in [0.2, 0.25) is 0 Å². The molecule has 1 aliphatic rings. The molecular formula is C16H21NS. The van der Waals surface area contributed by atoms with E-state index in [-0.39, 0.29) is 0 Å². The Morgan fingerprint density at radius 1 is 1.22 bits per heavy atom. The predicted octanol–water partition coefficient (Wildman–Crippen LogP) is 4.37. The quantitative estimate of drug-likeness (QED) is 0.801. The molecule has 2 heteroatoms. The van der Waals surface area contributed by atoms with Gasteiger partial charge in [0.1, 0.15) is 0 Å². The first kappa shape index (κ1) is 12.2. The van der Waals surface area contributed by atoms with Crippen molar-refractivity contribution in [3.05, 3.63) is 34.2 Å². The molecule has 0 spiro atoms. The van der Waals surface area contributed by atoms with Gasteiger partial charge in [-0.15, -0.1) is 11.3 Å². The smallest absolute Gasteiger partial charge is 0.0351 e. The van der Waals surface area contributed by atoms with Crippen molar-refractivity contribution >= 4 is 21.4 Å². The zero-order valence-electron chi connectivity index (χ0n) is 11.4. The summed E-state index contributed by atoms with van der Waals surface area (Å²) >= 11 is 2.01. The second kappa shape index (κ2) is 4.67. The standard InChI is InChI=1S/C16H21NS/c1-10-6-11(2)14-9-15(18-16(14)7-10)13-4-5-17-12(3)8-13/h6-7,9,12-13,17H,4-5,8H2,1-3H3. The molecule has 2 aromatic rings. The Bertz CT molecular complexity index is 570. The van der Waals surface area contributed by atoms with Crippen LogP contribution in [0.4, 0.5) is 0 Å². The van der Waals surface area contributed by atoms with Crippen LogP contribution in [-0.2, 0) is 0 Å². The minimum absolute atomic E-state index is 0.664. The molecule has 1 saturated heterocycles. The summed E-state index contributed by atoms with van der Waals surface area (Å²) in [6.07, 6.45) is 2.57. The summed E-state index contributed by atoms with van der Waals surface area (Å²) in [5.74, 6) is 0.762. The maximum atomic E-state index is 3.54. The molecule has 1 fully saturated rings. The van der Waals surface area contributed by atoms with Crippen molar-refractivity contribution in [3.8, 4) is 0 Å². The van der Waals surface area contributed by atoms with Crippen LogP contribution in [0.3, 0.4) is 0 Å². The molecule has 2 atom stereocenters. The average molecular weight is 259 g/mol. The lowest BCUT2D eigenvalue weighted by Gasteiger charge is -2.27. The van der Waals surface area contributed by atoms with E-state index >= 15 is 0 Å². The van der Waals surface area contributed by atoms with Crippen LogP contribution in [-0.4, -0.2) is 12.6 Å². The van der Waals surface area contributed by atoms with E-state index < -0.39 is 0 Å². The number of rotatable bonds is 1. The molecule has 96 valence electrons. The van der Waals surface area contributed by atoms with Crippen molar-refractivity contribution in [2.24, 2.45) is 0 Å². The zero-order chi connectivity index (χ0) is 12.7. The molecule has 1 aliphatic heterocycles.